The van der Waals surface area contributed by atoms with Gasteiger partial charge in [-0.25, -0.2) is 0 Å². The predicted octanol–water partition coefficient (Wildman–Crippen LogP) is 5.76. The highest BCUT2D eigenvalue weighted by Crippen LogP contribution is 2.62. The van der Waals surface area contributed by atoms with Crippen molar-refractivity contribution in [1.29, 1.82) is 0 Å². The molecule has 0 N–H and O–H groups in total. The molecule has 0 saturated heterocycles. The second-order valence-electron chi connectivity index (χ2n) is 6.93. The van der Waals surface area contributed by atoms with Gasteiger partial charge < -0.3 is 0 Å². The van der Waals surface area contributed by atoms with E-state index in [1.54, 1.807) is 0 Å². The third-order valence-electron chi connectivity index (χ3n) is 5.00. The minimum absolute atomic E-state index is 0.591. The van der Waals surface area contributed by atoms with Gasteiger partial charge >= 0.3 is 0 Å². The molecular weight excluding hydrogens is 296 g/mol. The number of fused-ring (bicyclic) bond motifs is 1. The van der Waals surface area contributed by atoms with Crippen LogP contribution in [-0.2, 0) is 6.42 Å². The van der Waals surface area contributed by atoms with Crippen LogP contribution in [0.2, 0.25) is 0 Å². The fraction of sp³-hybridized carbons (Fsp3) is 0.667. The summed E-state index contributed by atoms with van der Waals surface area (Å²) in [5.74, 6) is 3.71. The highest BCUT2D eigenvalue weighted by atomic mass is 79.9. The van der Waals surface area contributed by atoms with Crippen molar-refractivity contribution >= 4 is 15.9 Å². The van der Waals surface area contributed by atoms with Gasteiger partial charge in [-0.2, -0.15) is 0 Å². The number of hydrogen-bond acceptors (Lipinski definition) is 0. The summed E-state index contributed by atoms with van der Waals surface area (Å²) in [6.07, 6.45) is 7.07. The van der Waals surface area contributed by atoms with Gasteiger partial charge in [-0.05, 0) is 54.1 Å². The van der Waals surface area contributed by atoms with Crippen molar-refractivity contribution in [1.82, 2.24) is 0 Å². The second-order valence-corrected chi connectivity index (χ2v) is 7.92. The Balaban J connectivity index is 1.65. The molecule has 104 valence electrons. The van der Waals surface area contributed by atoms with Crippen LogP contribution in [-0.4, -0.2) is 0 Å². The molecule has 0 heterocycles. The van der Waals surface area contributed by atoms with E-state index < -0.39 is 0 Å². The zero-order valence-corrected chi connectivity index (χ0v) is 13.7. The molecule has 0 aromatic heterocycles. The van der Waals surface area contributed by atoms with Crippen LogP contribution in [0.25, 0.3) is 0 Å². The first kappa shape index (κ1) is 13.7. The zero-order valence-electron chi connectivity index (χ0n) is 12.1. The van der Waals surface area contributed by atoms with E-state index in [2.05, 4.69) is 54.0 Å². The van der Waals surface area contributed by atoms with Crippen molar-refractivity contribution < 1.29 is 0 Å². The molecule has 0 spiro atoms. The van der Waals surface area contributed by atoms with Crippen molar-refractivity contribution in [3.05, 3.63) is 35.4 Å². The topological polar surface area (TPSA) is 0 Å². The van der Waals surface area contributed by atoms with Gasteiger partial charge in [0.25, 0.3) is 0 Å². The lowest BCUT2D eigenvalue weighted by Gasteiger charge is -2.12. The Hall–Kier alpha value is -0.300. The first-order valence-electron chi connectivity index (χ1n) is 7.89. The average molecular weight is 321 g/mol. The molecule has 0 bridgehead atoms. The number of benzene rings is 1. The average Bonchev–Trinajstić information content (AvgIpc) is 3.12. The minimum atomic E-state index is 0.591. The van der Waals surface area contributed by atoms with Gasteiger partial charge in [-0.15, -0.1) is 0 Å². The molecule has 2 aliphatic carbocycles. The third kappa shape index (κ3) is 2.91. The molecule has 3 rings (SSSR count). The molecule has 1 aromatic carbocycles. The van der Waals surface area contributed by atoms with Gasteiger partial charge in [0.05, 0.1) is 0 Å². The SMILES string of the molecule is CC(C)Cc1ccc(C(Br)C2C3CCCCC32)cc1. The molecule has 0 aliphatic heterocycles. The number of halogens is 1. The fourth-order valence-corrected chi connectivity index (χ4v) is 5.10. The molecule has 3 unspecified atom stereocenters. The lowest BCUT2D eigenvalue weighted by molar-refractivity contribution is 0.480. The van der Waals surface area contributed by atoms with E-state index in [4.69, 9.17) is 0 Å². The van der Waals surface area contributed by atoms with Crippen molar-refractivity contribution in [3.8, 4) is 0 Å². The summed E-state index contributed by atoms with van der Waals surface area (Å²) in [6.45, 7) is 4.58. The summed E-state index contributed by atoms with van der Waals surface area (Å²) in [7, 11) is 0. The highest BCUT2D eigenvalue weighted by Gasteiger charge is 2.53. The highest BCUT2D eigenvalue weighted by molar-refractivity contribution is 9.09. The van der Waals surface area contributed by atoms with E-state index in [1.807, 2.05) is 0 Å². The Morgan fingerprint density at radius 1 is 1.05 bits per heavy atom. The normalized spacial score (nSPS) is 31.1. The molecule has 1 aromatic rings. The van der Waals surface area contributed by atoms with Gasteiger partial charge in [0, 0.05) is 4.83 Å². The second kappa shape index (κ2) is 5.60. The van der Waals surface area contributed by atoms with Gasteiger partial charge in [0.15, 0.2) is 0 Å². The molecule has 1 heteroatoms. The smallest absolute Gasteiger partial charge is 0.0429 e. The Labute approximate surface area is 126 Å². The van der Waals surface area contributed by atoms with Crippen LogP contribution in [0.5, 0.6) is 0 Å². The first-order chi connectivity index (χ1) is 9.16. The maximum atomic E-state index is 3.98. The summed E-state index contributed by atoms with van der Waals surface area (Å²) >= 11 is 3.98. The van der Waals surface area contributed by atoms with Crippen LogP contribution in [0.3, 0.4) is 0 Å². The summed E-state index contributed by atoms with van der Waals surface area (Å²) in [5, 5.41) is 0. The van der Waals surface area contributed by atoms with Gasteiger partial charge in [0.1, 0.15) is 0 Å². The maximum Gasteiger partial charge on any atom is 0.0429 e. The van der Waals surface area contributed by atoms with Gasteiger partial charge in [-0.1, -0.05) is 66.9 Å². The molecular formula is C18H25Br. The molecule has 2 fully saturated rings. The lowest BCUT2D eigenvalue weighted by Crippen LogP contribution is -1.98. The van der Waals surface area contributed by atoms with Crippen molar-refractivity contribution in [3.63, 3.8) is 0 Å². The Kier molecular flexibility index (Phi) is 4.03. The monoisotopic (exact) mass is 320 g/mol. The van der Waals surface area contributed by atoms with Crippen LogP contribution in [0, 0.1) is 23.7 Å². The van der Waals surface area contributed by atoms with E-state index >= 15 is 0 Å². The quantitative estimate of drug-likeness (QED) is 0.619. The first-order valence-corrected chi connectivity index (χ1v) is 8.81. The van der Waals surface area contributed by atoms with Gasteiger partial charge in [-0.3, -0.25) is 0 Å². The Morgan fingerprint density at radius 2 is 1.63 bits per heavy atom. The molecule has 0 nitrogen and oxygen atoms in total. The zero-order chi connectivity index (χ0) is 13.4. The standard InChI is InChI=1S/C18H25Br/c1-12(2)11-13-7-9-14(10-8-13)18(19)17-15-5-3-4-6-16(15)17/h7-10,12,15-18H,3-6,11H2,1-2H3. The number of rotatable bonds is 4. The van der Waals surface area contributed by atoms with Crippen LogP contribution >= 0.6 is 15.9 Å². The van der Waals surface area contributed by atoms with Gasteiger partial charge in [0.2, 0.25) is 0 Å². The molecule has 2 saturated carbocycles. The minimum Gasteiger partial charge on any atom is -0.0836 e. The van der Waals surface area contributed by atoms with E-state index in [-0.39, 0.29) is 0 Å². The van der Waals surface area contributed by atoms with Crippen molar-refractivity contribution in [2.45, 2.75) is 50.8 Å². The molecule has 19 heavy (non-hydrogen) atoms. The van der Waals surface area contributed by atoms with Crippen LogP contribution in [0.1, 0.15) is 55.5 Å². The molecule has 3 atom stereocenters. The van der Waals surface area contributed by atoms with Crippen LogP contribution in [0.4, 0.5) is 0 Å². The fourth-order valence-electron chi connectivity index (χ4n) is 4.01. The molecule has 0 amide bonds. The van der Waals surface area contributed by atoms with E-state index in [0.29, 0.717) is 4.83 Å². The van der Waals surface area contributed by atoms with E-state index in [0.717, 1.165) is 23.7 Å². The van der Waals surface area contributed by atoms with Crippen molar-refractivity contribution in [2.75, 3.05) is 0 Å². The number of hydrogen-bond donors (Lipinski definition) is 0. The summed E-state index contributed by atoms with van der Waals surface area (Å²) < 4.78 is 0. The predicted molar refractivity (Wildman–Crippen MR) is 85.6 cm³/mol. The molecule has 0 radical (unpaired) electrons. The lowest BCUT2D eigenvalue weighted by atomic mass is 9.99. The summed E-state index contributed by atoms with van der Waals surface area (Å²) in [4.78, 5) is 0.591. The maximum absolute atomic E-state index is 3.98. The summed E-state index contributed by atoms with van der Waals surface area (Å²) in [6, 6.07) is 9.36. The Morgan fingerprint density at radius 3 is 2.16 bits per heavy atom. The van der Waals surface area contributed by atoms with Crippen LogP contribution in [0.15, 0.2) is 24.3 Å². The number of alkyl halides is 1. The van der Waals surface area contributed by atoms with E-state index in [9.17, 15) is 0 Å². The van der Waals surface area contributed by atoms with Crippen LogP contribution < -0.4 is 0 Å². The largest absolute Gasteiger partial charge is 0.0836 e. The third-order valence-corrected chi connectivity index (χ3v) is 6.14. The van der Waals surface area contributed by atoms with Crippen molar-refractivity contribution in [2.24, 2.45) is 23.7 Å². The summed E-state index contributed by atoms with van der Waals surface area (Å²) in [5.41, 5.74) is 2.97. The Bertz CT molecular complexity index is 408. The molecule has 2 aliphatic rings. The van der Waals surface area contributed by atoms with E-state index in [1.165, 1.54) is 43.2 Å².